The number of anilines is 1. The Morgan fingerprint density at radius 3 is 2.32 bits per heavy atom. The van der Waals surface area contributed by atoms with Crippen LogP contribution in [0.3, 0.4) is 0 Å². The molecule has 0 fully saturated rings. The summed E-state index contributed by atoms with van der Waals surface area (Å²) in [4.78, 5) is 28.1. The van der Waals surface area contributed by atoms with Crippen molar-refractivity contribution in [2.45, 2.75) is 27.3 Å². The van der Waals surface area contributed by atoms with E-state index in [-0.39, 0.29) is 5.91 Å². The number of likely N-dealkylation sites (N-methyl/N-ethyl adjacent to an activating group) is 1. The van der Waals surface area contributed by atoms with Crippen LogP contribution in [0.5, 0.6) is 0 Å². The van der Waals surface area contributed by atoms with Crippen LogP contribution in [0.2, 0.25) is 0 Å². The Labute approximate surface area is 227 Å². The Balaban J connectivity index is 1.59. The van der Waals surface area contributed by atoms with E-state index in [2.05, 4.69) is 55.8 Å². The van der Waals surface area contributed by atoms with Crippen LogP contribution in [-0.2, 0) is 6.54 Å². The molecule has 194 valence electrons. The minimum absolute atomic E-state index is 0.291. The molecule has 7 nitrogen and oxygen atoms in total. The van der Waals surface area contributed by atoms with Gasteiger partial charge in [0.1, 0.15) is 0 Å². The van der Waals surface area contributed by atoms with Crippen molar-refractivity contribution >= 4 is 39.6 Å². The van der Waals surface area contributed by atoms with Crippen molar-refractivity contribution in [1.29, 1.82) is 0 Å². The van der Waals surface area contributed by atoms with Crippen LogP contribution in [0.4, 0.5) is 5.69 Å². The van der Waals surface area contributed by atoms with Gasteiger partial charge in [-0.25, -0.2) is 5.43 Å². The SMILES string of the molecule is CCN(CC)CCNCc1ccc(C(=O)Nc2ccc(Br)cc2C(=O)NN=Cc2ccc(C)cc2)cc1. The maximum atomic E-state index is 12.9. The lowest BCUT2D eigenvalue weighted by Gasteiger charge is -2.18. The van der Waals surface area contributed by atoms with Gasteiger partial charge in [-0.2, -0.15) is 5.10 Å². The highest BCUT2D eigenvalue weighted by atomic mass is 79.9. The number of carbonyl (C=O) groups is 2. The van der Waals surface area contributed by atoms with E-state index in [0.29, 0.717) is 16.8 Å². The summed E-state index contributed by atoms with van der Waals surface area (Å²) >= 11 is 3.40. The molecule has 0 saturated heterocycles. The van der Waals surface area contributed by atoms with E-state index >= 15 is 0 Å². The van der Waals surface area contributed by atoms with Crippen LogP contribution in [-0.4, -0.2) is 49.1 Å². The standard InChI is InChI=1S/C29H34BrN5O2/c1-4-35(5-2)17-16-31-19-22-10-12-24(13-11-22)28(36)33-27-15-14-25(30)18-26(27)29(37)34-32-20-23-8-6-21(3)7-9-23/h6-15,18,20,31H,4-5,16-17,19H2,1-3H3,(H,33,36)(H,34,37). The zero-order valence-corrected chi connectivity index (χ0v) is 23.1. The molecule has 0 bridgehead atoms. The molecular formula is C29H34BrN5O2. The first-order chi connectivity index (χ1) is 17.9. The Bertz CT molecular complexity index is 1210. The van der Waals surface area contributed by atoms with Crippen LogP contribution < -0.4 is 16.1 Å². The summed E-state index contributed by atoms with van der Waals surface area (Å²) in [5.41, 5.74) is 6.88. The predicted octanol–water partition coefficient (Wildman–Crippen LogP) is 5.21. The fraction of sp³-hybridized carbons (Fsp3) is 0.276. The number of halogens is 1. The third-order valence-corrected chi connectivity index (χ3v) is 6.47. The lowest BCUT2D eigenvalue weighted by Crippen LogP contribution is -2.31. The molecule has 0 aliphatic heterocycles. The zero-order valence-electron chi connectivity index (χ0n) is 21.6. The van der Waals surface area contributed by atoms with Gasteiger partial charge in [-0.3, -0.25) is 9.59 Å². The lowest BCUT2D eigenvalue weighted by molar-refractivity contribution is 0.0956. The van der Waals surface area contributed by atoms with E-state index < -0.39 is 5.91 Å². The average Bonchev–Trinajstić information content (AvgIpc) is 2.91. The Kier molecular flexibility index (Phi) is 11.0. The van der Waals surface area contributed by atoms with Gasteiger partial charge in [-0.15, -0.1) is 0 Å². The Morgan fingerprint density at radius 1 is 0.946 bits per heavy atom. The van der Waals surface area contributed by atoms with Crippen LogP contribution >= 0.6 is 15.9 Å². The predicted molar refractivity (Wildman–Crippen MR) is 154 cm³/mol. The van der Waals surface area contributed by atoms with Gasteiger partial charge >= 0.3 is 0 Å². The van der Waals surface area contributed by atoms with Crippen molar-refractivity contribution in [3.05, 3.63) is 99.0 Å². The minimum atomic E-state index is -0.425. The molecule has 0 unspecified atom stereocenters. The second kappa shape index (κ2) is 14.4. The number of hydrazone groups is 1. The number of amides is 2. The normalized spacial score (nSPS) is 11.2. The molecule has 8 heteroatoms. The summed E-state index contributed by atoms with van der Waals surface area (Å²) < 4.78 is 0.719. The monoisotopic (exact) mass is 563 g/mol. The molecule has 3 N–H and O–H groups in total. The fourth-order valence-electron chi connectivity index (χ4n) is 3.67. The van der Waals surface area contributed by atoms with E-state index in [0.717, 1.165) is 53.9 Å². The summed E-state index contributed by atoms with van der Waals surface area (Å²) in [6.07, 6.45) is 1.58. The van der Waals surface area contributed by atoms with Crippen molar-refractivity contribution in [2.24, 2.45) is 5.10 Å². The highest BCUT2D eigenvalue weighted by molar-refractivity contribution is 9.10. The van der Waals surface area contributed by atoms with Gasteiger partial charge in [0.25, 0.3) is 11.8 Å². The van der Waals surface area contributed by atoms with Crippen LogP contribution in [0.15, 0.2) is 76.3 Å². The largest absolute Gasteiger partial charge is 0.321 e. The second-order valence-corrected chi connectivity index (χ2v) is 9.57. The number of nitrogens with one attached hydrogen (secondary N) is 3. The molecule has 0 aliphatic rings. The Hall–Kier alpha value is -3.33. The molecular weight excluding hydrogens is 530 g/mol. The van der Waals surface area contributed by atoms with E-state index in [4.69, 9.17) is 0 Å². The topological polar surface area (TPSA) is 85.8 Å². The molecule has 3 rings (SSSR count). The van der Waals surface area contributed by atoms with Gasteiger partial charge in [0.05, 0.1) is 17.5 Å². The van der Waals surface area contributed by atoms with Gasteiger partial charge in [0.2, 0.25) is 0 Å². The summed E-state index contributed by atoms with van der Waals surface area (Å²) in [6.45, 7) is 11.1. The molecule has 0 saturated carbocycles. The molecule has 0 aliphatic carbocycles. The molecule has 3 aromatic rings. The van der Waals surface area contributed by atoms with E-state index in [1.165, 1.54) is 0 Å². The quantitative estimate of drug-likeness (QED) is 0.160. The summed E-state index contributed by atoms with van der Waals surface area (Å²) in [6, 6.07) is 20.4. The van der Waals surface area contributed by atoms with Crippen molar-refractivity contribution < 1.29 is 9.59 Å². The molecule has 2 amide bonds. The first-order valence-corrected chi connectivity index (χ1v) is 13.2. The van der Waals surface area contributed by atoms with E-state index in [1.54, 1.807) is 36.5 Å². The number of aryl methyl sites for hydroxylation is 1. The third-order valence-electron chi connectivity index (χ3n) is 5.98. The van der Waals surface area contributed by atoms with Crippen LogP contribution in [0, 0.1) is 6.92 Å². The van der Waals surface area contributed by atoms with E-state index in [9.17, 15) is 9.59 Å². The summed E-state index contributed by atoms with van der Waals surface area (Å²) in [5.74, 6) is -0.716. The van der Waals surface area contributed by atoms with Gasteiger partial charge in [0.15, 0.2) is 0 Å². The molecule has 3 aromatic carbocycles. The molecule has 0 atom stereocenters. The second-order valence-electron chi connectivity index (χ2n) is 8.65. The molecule has 0 spiro atoms. The number of hydrogen-bond donors (Lipinski definition) is 3. The van der Waals surface area contributed by atoms with Gasteiger partial charge < -0.3 is 15.5 Å². The molecule has 0 radical (unpaired) electrons. The van der Waals surface area contributed by atoms with Crippen molar-refractivity contribution in [3.63, 3.8) is 0 Å². The smallest absolute Gasteiger partial charge is 0.273 e. The highest BCUT2D eigenvalue weighted by Crippen LogP contribution is 2.22. The maximum absolute atomic E-state index is 12.9. The van der Waals surface area contributed by atoms with E-state index in [1.807, 2.05) is 43.3 Å². The zero-order chi connectivity index (χ0) is 26.6. The van der Waals surface area contributed by atoms with Crippen molar-refractivity contribution in [1.82, 2.24) is 15.6 Å². The number of nitrogens with zero attached hydrogens (tertiary/aromatic N) is 2. The first-order valence-electron chi connectivity index (χ1n) is 12.4. The minimum Gasteiger partial charge on any atom is -0.321 e. The number of benzene rings is 3. The van der Waals surface area contributed by atoms with Crippen LogP contribution in [0.1, 0.15) is 51.3 Å². The summed E-state index contributed by atoms with van der Waals surface area (Å²) in [5, 5.41) is 10.3. The summed E-state index contributed by atoms with van der Waals surface area (Å²) in [7, 11) is 0. The molecule has 0 heterocycles. The maximum Gasteiger partial charge on any atom is 0.273 e. The number of hydrogen-bond acceptors (Lipinski definition) is 5. The fourth-order valence-corrected chi connectivity index (χ4v) is 4.03. The lowest BCUT2D eigenvalue weighted by atomic mass is 10.1. The van der Waals surface area contributed by atoms with Crippen molar-refractivity contribution in [2.75, 3.05) is 31.5 Å². The third kappa shape index (κ3) is 8.93. The van der Waals surface area contributed by atoms with Crippen molar-refractivity contribution in [3.8, 4) is 0 Å². The number of rotatable bonds is 12. The average molecular weight is 565 g/mol. The number of carbonyl (C=O) groups excluding carboxylic acids is 2. The van der Waals surface area contributed by atoms with Gasteiger partial charge in [0, 0.05) is 29.7 Å². The van der Waals surface area contributed by atoms with Gasteiger partial charge in [-0.1, -0.05) is 71.7 Å². The highest BCUT2D eigenvalue weighted by Gasteiger charge is 2.15. The Morgan fingerprint density at radius 2 is 1.65 bits per heavy atom. The van der Waals surface area contributed by atoms with Gasteiger partial charge in [-0.05, 0) is 61.5 Å². The first kappa shape index (κ1) is 28.2. The molecule has 37 heavy (non-hydrogen) atoms. The molecule has 0 aromatic heterocycles. The van der Waals surface area contributed by atoms with Crippen LogP contribution in [0.25, 0.3) is 0 Å².